The van der Waals surface area contributed by atoms with E-state index in [1.165, 1.54) is 23.9 Å². The van der Waals surface area contributed by atoms with Gasteiger partial charge < -0.3 is 9.64 Å². The van der Waals surface area contributed by atoms with E-state index in [4.69, 9.17) is 4.74 Å². The van der Waals surface area contributed by atoms with Crippen LogP contribution in [0.5, 0.6) is 5.75 Å². The van der Waals surface area contributed by atoms with Crippen molar-refractivity contribution in [3.63, 3.8) is 0 Å². The summed E-state index contributed by atoms with van der Waals surface area (Å²) in [5.74, 6) is 1.20. The highest BCUT2D eigenvalue weighted by atomic mass is 32.2. The molecular formula is C18H25FN2O4S2. The zero-order valence-electron chi connectivity index (χ0n) is 15.4. The van der Waals surface area contributed by atoms with Crippen LogP contribution in [0.15, 0.2) is 18.2 Å². The minimum atomic E-state index is -2.90. The molecule has 3 rings (SSSR count). The molecular weight excluding hydrogens is 391 g/mol. The molecule has 2 aliphatic rings. The summed E-state index contributed by atoms with van der Waals surface area (Å²) in [5, 5.41) is 0.0423. The molecule has 0 N–H and O–H groups in total. The molecule has 0 aromatic heterocycles. The maximum absolute atomic E-state index is 13.5. The van der Waals surface area contributed by atoms with Crippen LogP contribution in [0, 0.1) is 5.82 Å². The van der Waals surface area contributed by atoms with Crippen LogP contribution in [-0.2, 0) is 21.2 Å². The molecule has 0 unspecified atom stereocenters. The average Bonchev–Trinajstić information content (AvgIpc) is 2.99. The molecule has 27 heavy (non-hydrogen) atoms. The van der Waals surface area contributed by atoms with E-state index in [0.29, 0.717) is 50.6 Å². The van der Waals surface area contributed by atoms with Gasteiger partial charge in [-0.05, 0) is 24.6 Å². The number of thioether (sulfide) groups is 1. The third kappa shape index (κ3) is 5.58. The van der Waals surface area contributed by atoms with E-state index in [9.17, 15) is 17.6 Å². The topological polar surface area (TPSA) is 66.9 Å². The quantitative estimate of drug-likeness (QED) is 0.698. The van der Waals surface area contributed by atoms with Gasteiger partial charge in [0.2, 0.25) is 5.91 Å². The fourth-order valence-corrected chi connectivity index (χ4v) is 6.98. The van der Waals surface area contributed by atoms with E-state index in [1.807, 2.05) is 4.90 Å². The van der Waals surface area contributed by atoms with Crippen LogP contribution in [-0.4, -0.2) is 79.9 Å². The molecule has 1 aromatic rings. The lowest BCUT2D eigenvalue weighted by Gasteiger charge is -2.35. The van der Waals surface area contributed by atoms with E-state index in [2.05, 4.69) is 4.90 Å². The first-order chi connectivity index (χ1) is 12.9. The lowest BCUT2D eigenvalue weighted by Crippen LogP contribution is -2.49. The van der Waals surface area contributed by atoms with Crippen molar-refractivity contribution in [3.05, 3.63) is 29.6 Å². The third-order valence-electron chi connectivity index (χ3n) is 4.99. The Morgan fingerprint density at radius 3 is 2.67 bits per heavy atom. The van der Waals surface area contributed by atoms with Crippen molar-refractivity contribution >= 4 is 27.5 Å². The van der Waals surface area contributed by atoms with Crippen molar-refractivity contribution in [2.75, 3.05) is 50.5 Å². The molecule has 0 radical (unpaired) electrons. The predicted molar refractivity (Wildman–Crippen MR) is 104 cm³/mol. The Hall–Kier alpha value is -1.32. The fraction of sp³-hybridized carbons (Fsp3) is 0.611. The van der Waals surface area contributed by atoms with Crippen molar-refractivity contribution in [1.29, 1.82) is 0 Å². The number of rotatable bonds is 6. The summed E-state index contributed by atoms with van der Waals surface area (Å²) in [6.45, 7) is 3.26. The smallest absolute Gasteiger partial charge is 0.232 e. The molecule has 0 spiro atoms. The Balaban J connectivity index is 1.45. The Kier molecular flexibility index (Phi) is 6.65. The first-order valence-electron chi connectivity index (χ1n) is 9.01. The number of nitrogens with zero attached hydrogens (tertiary/aromatic N) is 2. The van der Waals surface area contributed by atoms with Crippen molar-refractivity contribution in [1.82, 2.24) is 9.80 Å². The minimum Gasteiger partial charge on any atom is -0.496 e. The molecule has 2 heterocycles. The minimum absolute atomic E-state index is 0.0423. The first-order valence-corrected chi connectivity index (χ1v) is 11.9. The maximum Gasteiger partial charge on any atom is 0.232 e. The lowest BCUT2D eigenvalue weighted by molar-refractivity contribution is -0.130. The summed E-state index contributed by atoms with van der Waals surface area (Å²) in [6.07, 6.45) is 0.642. The predicted octanol–water partition coefficient (Wildman–Crippen LogP) is 1.40. The molecule has 2 fully saturated rings. The van der Waals surface area contributed by atoms with Gasteiger partial charge in [0.05, 0.1) is 24.4 Å². The van der Waals surface area contributed by atoms with Gasteiger partial charge in [-0.1, -0.05) is 0 Å². The van der Waals surface area contributed by atoms with Gasteiger partial charge in [0.15, 0.2) is 9.84 Å². The monoisotopic (exact) mass is 416 g/mol. The highest BCUT2D eigenvalue weighted by Gasteiger charge is 2.29. The second-order valence-electron chi connectivity index (χ2n) is 6.95. The number of carbonyl (C=O) groups excluding carboxylic acids is 1. The van der Waals surface area contributed by atoms with Gasteiger partial charge in [0.1, 0.15) is 11.6 Å². The van der Waals surface area contributed by atoms with Crippen molar-refractivity contribution in [2.45, 2.75) is 18.2 Å². The second-order valence-corrected chi connectivity index (χ2v) is 10.5. The lowest BCUT2D eigenvalue weighted by atomic mass is 10.1. The van der Waals surface area contributed by atoms with Crippen molar-refractivity contribution in [3.8, 4) is 5.75 Å². The van der Waals surface area contributed by atoms with Crippen LogP contribution in [0.1, 0.15) is 12.0 Å². The molecule has 0 saturated carbocycles. The Morgan fingerprint density at radius 2 is 2.04 bits per heavy atom. The molecule has 9 heteroatoms. The fourth-order valence-electron chi connectivity index (χ4n) is 3.44. The highest BCUT2D eigenvalue weighted by Crippen LogP contribution is 2.25. The molecule has 0 bridgehead atoms. The molecule has 1 atom stereocenters. The second kappa shape index (κ2) is 8.79. The summed E-state index contributed by atoms with van der Waals surface area (Å²) >= 11 is 1.46. The maximum atomic E-state index is 13.5. The zero-order chi connectivity index (χ0) is 19.4. The van der Waals surface area contributed by atoms with Crippen LogP contribution in [0.2, 0.25) is 0 Å². The number of hydrogen-bond acceptors (Lipinski definition) is 6. The molecule has 150 valence electrons. The van der Waals surface area contributed by atoms with Gasteiger partial charge in [-0.3, -0.25) is 9.69 Å². The number of amides is 1. The number of sulfone groups is 1. The number of benzene rings is 1. The van der Waals surface area contributed by atoms with E-state index in [0.717, 1.165) is 5.56 Å². The number of piperazine rings is 1. The summed E-state index contributed by atoms with van der Waals surface area (Å²) in [4.78, 5) is 16.4. The summed E-state index contributed by atoms with van der Waals surface area (Å²) < 4.78 is 41.8. The van der Waals surface area contributed by atoms with Crippen LogP contribution in [0.25, 0.3) is 0 Å². The van der Waals surface area contributed by atoms with E-state index < -0.39 is 9.84 Å². The molecule has 2 aliphatic heterocycles. The largest absolute Gasteiger partial charge is 0.496 e. The van der Waals surface area contributed by atoms with Crippen LogP contribution in [0.4, 0.5) is 4.39 Å². The zero-order valence-corrected chi connectivity index (χ0v) is 17.0. The van der Waals surface area contributed by atoms with Crippen LogP contribution < -0.4 is 4.74 Å². The average molecular weight is 417 g/mol. The van der Waals surface area contributed by atoms with Crippen LogP contribution in [0.3, 0.4) is 0 Å². The normalized spacial score (nSPS) is 22.7. The molecule has 2 saturated heterocycles. The number of hydrogen-bond donors (Lipinski definition) is 0. The third-order valence-corrected chi connectivity index (χ3v) is 8.26. The SMILES string of the molecule is COc1ccc(F)cc1CN1CCN(C(=O)CS[C@H]2CCS(=O)(=O)C2)CC1. The molecule has 1 amide bonds. The van der Waals surface area contributed by atoms with E-state index >= 15 is 0 Å². The standard InChI is InChI=1S/C18H25FN2O4S2/c1-25-17-3-2-15(19)10-14(17)11-20-5-7-21(8-6-20)18(22)12-26-16-4-9-27(23,24)13-16/h2-3,10,16H,4-9,11-13H2,1H3/t16-/m0/s1. The van der Waals surface area contributed by atoms with Gasteiger partial charge >= 0.3 is 0 Å². The summed E-state index contributed by atoms with van der Waals surface area (Å²) in [5.41, 5.74) is 0.801. The summed E-state index contributed by atoms with van der Waals surface area (Å²) in [6, 6.07) is 4.50. The van der Waals surface area contributed by atoms with E-state index in [1.54, 1.807) is 13.2 Å². The van der Waals surface area contributed by atoms with Gasteiger partial charge in [0, 0.05) is 43.5 Å². The Labute approximate surface area is 164 Å². The first kappa shape index (κ1) is 20.4. The molecule has 0 aliphatic carbocycles. The van der Waals surface area contributed by atoms with Crippen molar-refractivity contribution in [2.24, 2.45) is 0 Å². The highest BCUT2D eigenvalue weighted by molar-refractivity contribution is 8.02. The van der Waals surface area contributed by atoms with E-state index in [-0.39, 0.29) is 28.5 Å². The molecule has 6 nitrogen and oxygen atoms in total. The molecule has 1 aromatic carbocycles. The Morgan fingerprint density at radius 1 is 1.30 bits per heavy atom. The van der Waals surface area contributed by atoms with Gasteiger partial charge in [-0.25, -0.2) is 12.8 Å². The Bertz CT molecular complexity index is 780. The number of ether oxygens (including phenoxy) is 1. The number of halogens is 1. The summed E-state index contributed by atoms with van der Waals surface area (Å²) in [7, 11) is -1.33. The van der Waals surface area contributed by atoms with Gasteiger partial charge in [-0.2, -0.15) is 0 Å². The van der Waals surface area contributed by atoms with Crippen molar-refractivity contribution < 1.29 is 22.3 Å². The van der Waals surface area contributed by atoms with Gasteiger partial charge in [0.25, 0.3) is 0 Å². The number of carbonyl (C=O) groups is 1. The van der Waals surface area contributed by atoms with Gasteiger partial charge in [-0.15, -0.1) is 11.8 Å². The number of methoxy groups -OCH3 is 1. The van der Waals surface area contributed by atoms with Crippen LogP contribution >= 0.6 is 11.8 Å².